The quantitative estimate of drug-likeness (QED) is 0.437. The summed E-state index contributed by atoms with van der Waals surface area (Å²) < 4.78 is 0. The second-order valence-corrected chi connectivity index (χ2v) is 7.66. The minimum Gasteiger partial charge on any atom is -0.494 e. The normalized spacial score (nSPS) is 11.6. The number of nitrogens with zero attached hydrogens (tertiary/aromatic N) is 2. The maximum Gasteiger partial charge on any atom is 0.253 e. The van der Waals surface area contributed by atoms with E-state index in [0.717, 1.165) is 23.1 Å². The summed E-state index contributed by atoms with van der Waals surface area (Å²) in [5.41, 5.74) is 5.45. The van der Waals surface area contributed by atoms with Crippen LogP contribution in [0.5, 0.6) is 5.88 Å². The number of aromatic hydroxyl groups is 1. The van der Waals surface area contributed by atoms with Crippen molar-refractivity contribution >= 4 is 28.2 Å². The molecule has 0 saturated heterocycles. The minimum atomic E-state index is -0.0918. The first kappa shape index (κ1) is 20.4. The van der Waals surface area contributed by atoms with E-state index in [1.807, 2.05) is 48.5 Å². The van der Waals surface area contributed by atoms with Gasteiger partial charge in [-0.25, -0.2) is 4.99 Å². The number of aromatic nitrogens is 1. The van der Waals surface area contributed by atoms with Gasteiger partial charge in [-0.2, -0.15) is 0 Å². The molecule has 4 aromatic rings. The lowest BCUT2D eigenvalue weighted by Crippen LogP contribution is -2.21. The number of aryl methyl sites for hydroxylation is 1. The Labute approximate surface area is 181 Å². The molecule has 5 heteroatoms. The Bertz CT molecular complexity index is 1270. The number of carbonyl (C=O) groups is 1. The lowest BCUT2D eigenvalue weighted by atomic mass is 10.00. The zero-order valence-corrected chi connectivity index (χ0v) is 17.9. The van der Waals surface area contributed by atoms with Crippen molar-refractivity contribution in [1.82, 2.24) is 9.88 Å². The van der Waals surface area contributed by atoms with Gasteiger partial charge >= 0.3 is 0 Å². The highest BCUT2D eigenvalue weighted by Gasteiger charge is 2.20. The molecule has 31 heavy (non-hydrogen) atoms. The van der Waals surface area contributed by atoms with Crippen molar-refractivity contribution < 1.29 is 9.90 Å². The van der Waals surface area contributed by atoms with Gasteiger partial charge in [-0.1, -0.05) is 55.5 Å². The number of benzene rings is 3. The van der Waals surface area contributed by atoms with Gasteiger partial charge < -0.3 is 15.0 Å². The fourth-order valence-corrected chi connectivity index (χ4v) is 3.65. The lowest BCUT2D eigenvalue weighted by molar-refractivity contribution is 0.0827. The molecule has 0 unspecified atom stereocenters. The third-order valence-corrected chi connectivity index (χ3v) is 5.28. The van der Waals surface area contributed by atoms with E-state index < -0.39 is 0 Å². The molecule has 0 aliphatic carbocycles. The van der Waals surface area contributed by atoms with E-state index in [1.165, 1.54) is 10.5 Å². The van der Waals surface area contributed by atoms with Crippen LogP contribution in [0.1, 0.15) is 34.0 Å². The molecule has 0 spiro atoms. The van der Waals surface area contributed by atoms with Crippen LogP contribution in [0.15, 0.2) is 77.8 Å². The summed E-state index contributed by atoms with van der Waals surface area (Å²) >= 11 is 0. The lowest BCUT2D eigenvalue weighted by Gasteiger charge is -2.10. The van der Waals surface area contributed by atoms with Crippen molar-refractivity contribution in [2.24, 2.45) is 4.99 Å². The predicted molar refractivity (Wildman–Crippen MR) is 126 cm³/mol. The highest BCUT2D eigenvalue weighted by molar-refractivity contribution is 6.22. The number of nitrogens with one attached hydrogen (secondary N) is 1. The summed E-state index contributed by atoms with van der Waals surface area (Å²) in [6.07, 6.45) is 0.922. The number of hydrogen-bond acceptors (Lipinski definition) is 3. The number of fused-ring (bicyclic) bond motifs is 1. The van der Waals surface area contributed by atoms with Gasteiger partial charge in [0.2, 0.25) is 0 Å². The van der Waals surface area contributed by atoms with E-state index in [9.17, 15) is 9.90 Å². The van der Waals surface area contributed by atoms with Gasteiger partial charge in [-0.05, 0) is 36.2 Å². The van der Waals surface area contributed by atoms with Gasteiger partial charge in [0.1, 0.15) is 0 Å². The molecule has 0 atom stereocenters. The van der Waals surface area contributed by atoms with E-state index in [0.29, 0.717) is 22.4 Å². The van der Waals surface area contributed by atoms with Crippen LogP contribution in [-0.2, 0) is 6.42 Å². The summed E-state index contributed by atoms with van der Waals surface area (Å²) in [7, 11) is 3.43. The molecular weight excluding hydrogens is 386 g/mol. The molecule has 0 fully saturated rings. The van der Waals surface area contributed by atoms with Crippen molar-refractivity contribution in [2.45, 2.75) is 13.3 Å². The number of aromatic amines is 1. The fraction of sp³-hybridized carbons (Fsp3) is 0.154. The Morgan fingerprint density at radius 3 is 2.45 bits per heavy atom. The summed E-state index contributed by atoms with van der Waals surface area (Å²) in [6, 6.07) is 23.3. The van der Waals surface area contributed by atoms with Gasteiger partial charge in [0.15, 0.2) is 5.88 Å². The van der Waals surface area contributed by atoms with Crippen LogP contribution in [0.2, 0.25) is 0 Å². The third-order valence-electron chi connectivity index (χ3n) is 5.28. The summed E-state index contributed by atoms with van der Waals surface area (Å²) in [6.45, 7) is 2.11. The average molecular weight is 412 g/mol. The third kappa shape index (κ3) is 4.08. The van der Waals surface area contributed by atoms with Gasteiger partial charge in [-0.3, -0.25) is 4.79 Å². The zero-order valence-electron chi connectivity index (χ0n) is 17.9. The van der Waals surface area contributed by atoms with Crippen molar-refractivity contribution in [3.05, 3.63) is 95.1 Å². The Kier molecular flexibility index (Phi) is 5.58. The molecule has 0 aliphatic rings. The Hall–Kier alpha value is -3.86. The molecule has 0 bridgehead atoms. The second-order valence-electron chi connectivity index (χ2n) is 7.66. The first-order chi connectivity index (χ1) is 15.0. The molecule has 0 radical (unpaired) electrons. The number of hydrogen-bond donors (Lipinski definition) is 2. The fourth-order valence-electron chi connectivity index (χ4n) is 3.65. The minimum absolute atomic E-state index is 0.0266. The van der Waals surface area contributed by atoms with Crippen LogP contribution >= 0.6 is 0 Å². The van der Waals surface area contributed by atoms with Crippen molar-refractivity contribution in [3.63, 3.8) is 0 Å². The molecule has 1 heterocycles. The largest absolute Gasteiger partial charge is 0.494 e. The van der Waals surface area contributed by atoms with Crippen molar-refractivity contribution in [3.8, 4) is 5.88 Å². The zero-order chi connectivity index (χ0) is 22.0. The van der Waals surface area contributed by atoms with Gasteiger partial charge in [-0.15, -0.1) is 0 Å². The first-order valence-corrected chi connectivity index (χ1v) is 10.3. The Morgan fingerprint density at radius 1 is 0.968 bits per heavy atom. The van der Waals surface area contributed by atoms with Crippen LogP contribution in [-0.4, -0.2) is 40.7 Å². The Morgan fingerprint density at radius 2 is 1.74 bits per heavy atom. The summed E-state index contributed by atoms with van der Waals surface area (Å²) in [5.74, 6) is -0.0652. The van der Waals surface area contributed by atoms with Crippen LogP contribution in [0.25, 0.3) is 10.9 Å². The summed E-state index contributed by atoms with van der Waals surface area (Å²) in [4.78, 5) is 21.9. The van der Waals surface area contributed by atoms with Crippen LogP contribution < -0.4 is 0 Å². The number of amides is 1. The molecule has 0 saturated carbocycles. The van der Waals surface area contributed by atoms with E-state index in [2.05, 4.69) is 24.0 Å². The Balaban J connectivity index is 1.92. The van der Waals surface area contributed by atoms with Crippen LogP contribution in [0.3, 0.4) is 0 Å². The predicted octanol–water partition coefficient (Wildman–Crippen LogP) is 5.31. The van der Waals surface area contributed by atoms with E-state index in [4.69, 9.17) is 4.99 Å². The number of H-pyrrole nitrogens is 1. The highest BCUT2D eigenvalue weighted by atomic mass is 16.3. The van der Waals surface area contributed by atoms with Crippen LogP contribution in [0.4, 0.5) is 5.69 Å². The van der Waals surface area contributed by atoms with E-state index in [1.54, 1.807) is 26.2 Å². The highest BCUT2D eigenvalue weighted by Crippen LogP contribution is 2.32. The monoisotopic (exact) mass is 411 g/mol. The molecule has 1 amide bonds. The van der Waals surface area contributed by atoms with Gasteiger partial charge in [0.25, 0.3) is 5.91 Å². The standard InChI is InChI=1S/C26H25N3O2/c1-4-17-9-8-12-20(15-17)27-24(18-10-6-5-7-11-18)23-21-14-13-19(26(31)29(2)3)16-22(21)28-25(23)30/h5-16,28,30H,4H2,1-3H3. The molecule has 156 valence electrons. The van der Waals surface area contributed by atoms with Gasteiger partial charge in [0, 0.05) is 36.1 Å². The SMILES string of the molecule is CCc1cccc(N=C(c2ccccc2)c2c(O)[nH]c3cc(C(=O)N(C)C)ccc23)c1. The molecule has 0 aliphatic heterocycles. The molecular formula is C26H25N3O2. The molecule has 1 aromatic heterocycles. The first-order valence-electron chi connectivity index (χ1n) is 10.3. The average Bonchev–Trinajstić information content (AvgIpc) is 3.12. The topological polar surface area (TPSA) is 68.7 Å². The summed E-state index contributed by atoms with van der Waals surface area (Å²) in [5, 5.41) is 11.7. The van der Waals surface area contributed by atoms with Crippen molar-refractivity contribution in [1.29, 1.82) is 0 Å². The van der Waals surface area contributed by atoms with Crippen molar-refractivity contribution in [2.75, 3.05) is 14.1 Å². The van der Waals surface area contributed by atoms with Crippen LogP contribution in [0, 0.1) is 0 Å². The number of rotatable bonds is 5. The maximum atomic E-state index is 12.4. The molecule has 3 aromatic carbocycles. The maximum absolute atomic E-state index is 12.4. The second kappa shape index (κ2) is 8.48. The number of carbonyl (C=O) groups excluding carboxylic acids is 1. The smallest absolute Gasteiger partial charge is 0.253 e. The molecule has 5 nitrogen and oxygen atoms in total. The molecule has 4 rings (SSSR count). The van der Waals surface area contributed by atoms with Gasteiger partial charge in [0.05, 0.1) is 17.0 Å². The molecule has 2 N–H and O–H groups in total. The van der Waals surface area contributed by atoms with E-state index in [-0.39, 0.29) is 11.8 Å². The number of aliphatic imine (C=N–C) groups is 1. The van der Waals surface area contributed by atoms with E-state index >= 15 is 0 Å².